The van der Waals surface area contributed by atoms with Crippen molar-refractivity contribution in [1.29, 1.82) is 0 Å². The van der Waals surface area contributed by atoms with E-state index in [1.165, 1.54) is 0 Å². The predicted octanol–water partition coefficient (Wildman–Crippen LogP) is 2.58. The molecule has 0 amide bonds. The lowest BCUT2D eigenvalue weighted by Gasteiger charge is -2.31. The van der Waals surface area contributed by atoms with Gasteiger partial charge in [-0.05, 0) is 31.5 Å². The van der Waals surface area contributed by atoms with E-state index in [4.69, 9.17) is 9.72 Å². The third-order valence-corrected chi connectivity index (χ3v) is 6.63. The van der Waals surface area contributed by atoms with E-state index in [0.717, 1.165) is 34.4 Å². The van der Waals surface area contributed by atoms with Crippen LogP contribution in [0.2, 0.25) is 0 Å². The number of aromatic nitrogens is 2. The minimum Gasteiger partial charge on any atom is -0.458 e. The molecular formula is C23H20N4O4. The van der Waals surface area contributed by atoms with Crippen LogP contribution >= 0.6 is 0 Å². The Morgan fingerprint density at radius 2 is 2.06 bits per heavy atom. The summed E-state index contributed by atoms with van der Waals surface area (Å²) >= 11 is 0. The van der Waals surface area contributed by atoms with Crippen molar-refractivity contribution >= 4 is 34.6 Å². The molecule has 1 N–H and O–H groups in total. The average Bonchev–Trinajstić information content (AvgIpc) is 3.16. The average molecular weight is 416 g/mol. The number of rotatable bonds is 2. The topological polar surface area (TPSA) is 97.0 Å². The first-order valence-electron chi connectivity index (χ1n) is 10.4. The van der Waals surface area contributed by atoms with Crippen molar-refractivity contribution in [2.75, 3.05) is 11.4 Å². The summed E-state index contributed by atoms with van der Waals surface area (Å²) in [5, 5.41) is 12.0. The number of benzene rings is 1. The highest BCUT2D eigenvalue weighted by molar-refractivity contribution is 6.11. The van der Waals surface area contributed by atoms with Gasteiger partial charge < -0.3 is 19.3 Å². The lowest BCUT2D eigenvalue weighted by molar-refractivity contribution is -0.172. The molecule has 6 rings (SSSR count). The number of aliphatic imine (C=N–C) groups is 1. The Bertz CT molecular complexity index is 1410. The van der Waals surface area contributed by atoms with Crippen LogP contribution in [-0.2, 0) is 28.3 Å². The molecule has 0 unspecified atom stereocenters. The molecule has 1 atom stereocenters. The van der Waals surface area contributed by atoms with Crippen LogP contribution in [-0.4, -0.2) is 33.5 Å². The smallest absolute Gasteiger partial charge is 0.343 e. The molecule has 5 heterocycles. The largest absolute Gasteiger partial charge is 0.458 e. The molecule has 8 nitrogen and oxygen atoms in total. The van der Waals surface area contributed by atoms with Crippen LogP contribution in [0, 0.1) is 0 Å². The molecule has 0 saturated carbocycles. The molecule has 3 aliphatic rings. The number of ether oxygens (including phenoxy) is 1. The van der Waals surface area contributed by atoms with Crippen LogP contribution in [0.1, 0.15) is 37.0 Å². The fraction of sp³-hybridized carbons (Fsp3) is 0.304. The Kier molecular flexibility index (Phi) is 3.54. The van der Waals surface area contributed by atoms with E-state index in [9.17, 15) is 14.7 Å². The van der Waals surface area contributed by atoms with Gasteiger partial charge in [0, 0.05) is 17.7 Å². The second-order valence-corrected chi connectivity index (χ2v) is 8.09. The first kappa shape index (κ1) is 18.3. The Hall–Kier alpha value is -3.52. The SMILES string of the molecule is CCN1C=Nc2cccc3nc4c(c1c23)Cn1c-4cc2c(c1=O)COC(=O)[C@]2(O)CC. The number of hydrogen-bond acceptors (Lipinski definition) is 7. The Morgan fingerprint density at radius 3 is 2.84 bits per heavy atom. The molecule has 3 aliphatic heterocycles. The second-order valence-electron chi connectivity index (χ2n) is 8.09. The van der Waals surface area contributed by atoms with E-state index in [0.29, 0.717) is 29.1 Å². The van der Waals surface area contributed by atoms with Crippen molar-refractivity contribution in [1.82, 2.24) is 9.55 Å². The summed E-state index contributed by atoms with van der Waals surface area (Å²) < 4.78 is 6.82. The van der Waals surface area contributed by atoms with Crippen molar-refractivity contribution in [2.45, 2.75) is 39.0 Å². The van der Waals surface area contributed by atoms with Gasteiger partial charge in [-0.2, -0.15) is 0 Å². The molecule has 2 aromatic heterocycles. The molecule has 0 fully saturated rings. The van der Waals surface area contributed by atoms with Gasteiger partial charge in [-0.3, -0.25) is 4.79 Å². The zero-order chi connectivity index (χ0) is 21.5. The van der Waals surface area contributed by atoms with Gasteiger partial charge in [0.1, 0.15) is 6.61 Å². The van der Waals surface area contributed by atoms with Gasteiger partial charge in [-0.15, -0.1) is 0 Å². The van der Waals surface area contributed by atoms with Crippen molar-refractivity contribution in [2.24, 2.45) is 4.99 Å². The molecule has 0 radical (unpaired) electrons. The van der Waals surface area contributed by atoms with Crippen LogP contribution in [0.4, 0.5) is 11.4 Å². The molecule has 0 bridgehead atoms. The van der Waals surface area contributed by atoms with Crippen molar-refractivity contribution in [3.63, 3.8) is 0 Å². The minimum absolute atomic E-state index is 0.119. The van der Waals surface area contributed by atoms with E-state index < -0.39 is 11.6 Å². The molecule has 3 aromatic rings. The number of aliphatic hydroxyl groups is 1. The number of carbonyl (C=O) groups is 1. The third kappa shape index (κ3) is 2.17. The summed E-state index contributed by atoms with van der Waals surface area (Å²) in [4.78, 5) is 37.3. The number of nitrogens with zero attached hydrogens (tertiary/aromatic N) is 4. The molecule has 0 spiro atoms. The van der Waals surface area contributed by atoms with Gasteiger partial charge in [-0.25, -0.2) is 14.8 Å². The Labute approximate surface area is 177 Å². The summed E-state index contributed by atoms with van der Waals surface area (Å²) in [6.07, 6.45) is 1.94. The second kappa shape index (κ2) is 6.01. The van der Waals surface area contributed by atoms with Gasteiger partial charge in [0.25, 0.3) is 5.56 Å². The Balaban J connectivity index is 1.69. The van der Waals surface area contributed by atoms with E-state index in [-0.39, 0.29) is 18.6 Å². The summed E-state index contributed by atoms with van der Waals surface area (Å²) in [5.74, 6) is -0.718. The molecule has 31 heavy (non-hydrogen) atoms. The number of carbonyl (C=O) groups excluding carboxylic acids is 1. The standard InChI is InChI=1S/C23H20N4O4/c1-3-23(30)14-8-17-19-12(9-27(17)21(28)13(14)10-31-22(23)29)20-18-15(24-11-26(20)4-2)6-5-7-16(18)25-19/h5-8,11,30H,3-4,9-10H2,1-2H3/t23-/m0/s1. The first-order valence-corrected chi connectivity index (χ1v) is 10.4. The van der Waals surface area contributed by atoms with Gasteiger partial charge in [-0.1, -0.05) is 13.0 Å². The number of esters is 1. The summed E-state index contributed by atoms with van der Waals surface area (Å²) in [7, 11) is 0. The molecule has 8 heteroatoms. The predicted molar refractivity (Wildman–Crippen MR) is 116 cm³/mol. The van der Waals surface area contributed by atoms with Crippen molar-refractivity contribution in [3.05, 3.63) is 51.3 Å². The van der Waals surface area contributed by atoms with E-state index in [1.54, 1.807) is 17.6 Å². The maximum atomic E-state index is 13.4. The summed E-state index contributed by atoms with van der Waals surface area (Å²) in [6, 6.07) is 7.56. The molecular weight excluding hydrogens is 396 g/mol. The summed E-state index contributed by atoms with van der Waals surface area (Å²) in [6.45, 7) is 4.71. The van der Waals surface area contributed by atoms with Gasteiger partial charge in [0.15, 0.2) is 5.60 Å². The monoisotopic (exact) mass is 416 g/mol. The number of pyridine rings is 2. The maximum absolute atomic E-state index is 13.4. The number of fused-ring (bicyclic) bond motifs is 5. The fourth-order valence-electron chi connectivity index (χ4n) is 4.94. The number of hydrogen-bond donors (Lipinski definition) is 1. The van der Waals surface area contributed by atoms with Gasteiger partial charge >= 0.3 is 5.97 Å². The van der Waals surface area contributed by atoms with Crippen LogP contribution in [0.3, 0.4) is 0 Å². The van der Waals surface area contributed by atoms with Crippen LogP contribution in [0.25, 0.3) is 22.3 Å². The lowest BCUT2D eigenvalue weighted by atomic mass is 9.86. The van der Waals surface area contributed by atoms with Gasteiger partial charge in [0.05, 0.1) is 52.1 Å². The fourth-order valence-corrected chi connectivity index (χ4v) is 4.94. The zero-order valence-electron chi connectivity index (χ0n) is 17.2. The maximum Gasteiger partial charge on any atom is 0.343 e. The third-order valence-electron chi connectivity index (χ3n) is 6.63. The van der Waals surface area contributed by atoms with Crippen molar-refractivity contribution < 1.29 is 14.6 Å². The Morgan fingerprint density at radius 1 is 1.23 bits per heavy atom. The van der Waals surface area contributed by atoms with Crippen LogP contribution in [0.5, 0.6) is 0 Å². The number of cyclic esters (lactones) is 1. The minimum atomic E-state index is -1.83. The highest BCUT2D eigenvalue weighted by Gasteiger charge is 2.45. The van der Waals surface area contributed by atoms with E-state index >= 15 is 0 Å². The normalized spacial score (nSPS) is 20.5. The molecule has 156 valence electrons. The van der Waals surface area contributed by atoms with E-state index in [2.05, 4.69) is 16.8 Å². The van der Waals surface area contributed by atoms with Crippen LogP contribution in [0.15, 0.2) is 34.1 Å². The molecule has 0 aliphatic carbocycles. The summed E-state index contributed by atoms with van der Waals surface area (Å²) in [5.41, 5.74) is 3.49. The highest BCUT2D eigenvalue weighted by atomic mass is 16.6. The molecule has 1 aromatic carbocycles. The first-order chi connectivity index (χ1) is 15.0. The van der Waals surface area contributed by atoms with Gasteiger partial charge in [0.2, 0.25) is 0 Å². The number of anilines is 1. The van der Waals surface area contributed by atoms with E-state index in [1.807, 2.05) is 24.5 Å². The van der Waals surface area contributed by atoms with Crippen LogP contribution < -0.4 is 10.5 Å². The molecule has 0 saturated heterocycles. The zero-order valence-corrected chi connectivity index (χ0v) is 17.2. The lowest BCUT2D eigenvalue weighted by Crippen LogP contribution is -2.44. The van der Waals surface area contributed by atoms with Crippen molar-refractivity contribution in [3.8, 4) is 11.4 Å². The quantitative estimate of drug-likeness (QED) is 0.505. The highest BCUT2D eigenvalue weighted by Crippen LogP contribution is 2.46.